The van der Waals surface area contributed by atoms with Gasteiger partial charge in [0.25, 0.3) is 5.91 Å². The molecule has 0 bridgehead atoms. The second kappa shape index (κ2) is 7.38. The molecule has 0 atom stereocenters. The summed E-state index contributed by atoms with van der Waals surface area (Å²) in [5, 5.41) is 3.43. The summed E-state index contributed by atoms with van der Waals surface area (Å²) in [7, 11) is 3.33. The second-order valence-corrected chi connectivity index (χ2v) is 6.72. The van der Waals surface area contributed by atoms with Gasteiger partial charge in [-0.3, -0.25) is 9.59 Å². The number of hydrogen-bond donors (Lipinski definition) is 1. The molecule has 0 saturated heterocycles. The minimum absolute atomic E-state index is 0.0815. The van der Waals surface area contributed by atoms with E-state index in [-0.39, 0.29) is 18.4 Å². The molecule has 8 heteroatoms. The zero-order chi connectivity index (χ0) is 17.1. The third-order valence-electron chi connectivity index (χ3n) is 3.12. The van der Waals surface area contributed by atoms with Crippen LogP contribution in [0.2, 0.25) is 10.0 Å². The van der Waals surface area contributed by atoms with Crippen LogP contribution in [0.15, 0.2) is 34.9 Å². The molecule has 1 aromatic heterocycles. The Balaban J connectivity index is 2.00. The number of carbonyl (C=O) groups is 2. The molecule has 0 aliphatic rings. The number of amides is 2. The third kappa shape index (κ3) is 4.50. The van der Waals surface area contributed by atoms with Crippen LogP contribution in [0.4, 0.5) is 5.69 Å². The average molecular weight is 419 g/mol. The molecule has 5 nitrogen and oxygen atoms in total. The third-order valence-corrected chi connectivity index (χ3v) is 4.29. The number of aryl methyl sites for hydroxylation is 1. The van der Waals surface area contributed by atoms with Gasteiger partial charge in [0.1, 0.15) is 5.69 Å². The first kappa shape index (κ1) is 17.8. The van der Waals surface area contributed by atoms with Crippen LogP contribution >= 0.6 is 39.1 Å². The Morgan fingerprint density at radius 2 is 1.96 bits per heavy atom. The summed E-state index contributed by atoms with van der Waals surface area (Å²) in [4.78, 5) is 25.7. The normalized spacial score (nSPS) is 10.5. The zero-order valence-electron chi connectivity index (χ0n) is 12.4. The van der Waals surface area contributed by atoms with E-state index in [1.807, 2.05) is 0 Å². The molecule has 1 aromatic carbocycles. The number of benzene rings is 1. The van der Waals surface area contributed by atoms with Crippen molar-refractivity contribution in [2.75, 3.05) is 18.9 Å². The van der Waals surface area contributed by atoms with E-state index in [9.17, 15) is 9.59 Å². The molecule has 0 unspecified atom stereocenters. The number of nitrogens with one attached hydrogen (secondary N) is 1. The van der Waals surface area contributed by atoms with Gasteiger partial charge in [0.05, 0.1) is 16.6 Å². The van der Waals surface area contributed by atoms with E-state index in [1.54, 1.807) is 49.1 Å². The van der Waals surface area contributed by atoms with E-state index in [0.717, 1.165) is 4.47 Å². The Kier molecular flexibility index (Phi) is 5.73. The van der Waals surface area contributed by atoms with E-state index in [2.05, 4.69) is 21.2 Å². The van der Waals surface area contributed by atoms with Crippen molar-refractivity contribution in [1.82, 2.24) is 9.47 Å². The standard InChI is InChI=1S/C15H14BrCl2N3O2/c1-20-7-9(16)5-13(20)15(23)21(2)8-14(22)19-10-3-4-11(17)12(18)6-10/h3-7H,8H2,1-2H3,(H,19,22). The number of halogens is 3. The molecule has 0 radical (unpaired) electrons. The summed E-state index contributed by atoms with van der Waals surface area (Å²) in [5.74, 6) is -0.574. The molecule has 0 saturated carbocycles. The van der Waals surface area contributed by atoms with Crippen LogP contribution in [-0.4, -0.2) is 34.9 Å². The molecule has 1 N–H and O–H groups in total. The highest BCUT2D eigenvalue weighted by molar-refractivity contribution is 9.10. The van der Waals surface area contributed by atoms with Crippen molar-refractivity contribution in [3.8, 4) is 0 Å². The van der Waals surface area contributed by atoms with Gasteiger partial charge in [-0.2, -0.15) is 0 Å². The Labute approximate surface area is 152 Å². The van der Waals surface area contributed by atoms with Gasteiger partial charge in [0.2, 0.25) is 5.91 Å². The van der Waals surface area contributed by atoms with Gasteiger partial charge in [0.15, 0.2) is 0 Å². The minimum Gasteiger partial charge on any atom is -0.345 e. The minimum atomic E-state index is -0.326. The summed E-state index contributed by atoms with van der Waals surface area (Å²) in [6.07, 6.45) is 1.77. The number of carbonyl (C=O) groups excluding carboxylic acids is 2. The molecule has 122 valence electrons. The fourth-order valence-electron chi connectivity index (χ4n) is 1.99. The monoisotopic (exact) mass is 417 g/mol. The van der Waals surface area contributed by atoms with E-state index in [1.165, 1.54) is 4.90 Å². The molecule has 2 rings (SSSR count). The zero-order valence-corrected chi connectivity index (χ0v) is 15.5. The first-order valence-electron chi connectivity index (χ1n) is 6.60. The number of anilines is 1. The van der Waals surface area contributed by atoms with Crippen molar-refractivity contribution in [3.05, 3.63) is 50.7 Å². The largest absolute Gasteiger partial charge is 0.345 e. The second-order valence-electron chi connectivity index (χ2n) is 4.99. The van der Waals surface area contributed by atoms with E-state index in [4.69, 9.17) is 23.2 Å². The molecule has 1 heterocycles. The maximum atomic E-state index is 12.3. The Hall–Kier alpha value is -1.50. The topological polar surface area (TPSA) is 54.3 Å². The van der Waals surface area contributed by atoms with Gasteiger partial charge in [-0.1, -0.05) is 23.2 Å². The highest BCUT2D eigenvalue weighted by atomic mass is 79.9. The number of aromatic nitrogens is 1. The van der Waals surface area contributed by atoms with Gasteiger partial charge < -0.3 is 14.8 Å². The fraction of sp³-hybridized carbons (Fsp3) is 0.200. The summed E-state index contributed by atoms with van der Waals surface area (Å²) < 4.78 is 2.50. The Morgan fingerprint density at radius 3 is 2.52 bits per heavy atom. The van der Waals surface area contributed by atoms with Crippen LogP contribution < -0.4 is 5.32 Å². The summed E-state index contributed by atoms with van der Waals surface area (Å²) in [6.45, 7) is -0.0815. The summed E-state index contributed by atoms with van der Waals surface area (Å²) in [5.41, 5.74) is 1.01. The Morgan fingerprint density at radius 1 is 1.26 bits per heavy atom. The molecule has 0 spiro atoms. The first-order valence-corrected chi connectivity index (χ1v) is 8.15. The van der Waals surface area contributed by atoms with Crippen LogP contribution in [0.25, 0.3) is 0 Å². The summed E-state index contributed by atoms with van der Waals surface area (Å²) in [6, 6.07) is 6.49. The smallest absolute Gasteiger partial charge is 0.270 e. The number of rotatable bonds is 4. The molecule has 2 amide bonds. The van der Waals surface area contributed by atoms with Gasteiger partial charge >= 0.3 is 0 Å². The molecule has 23 heavy (non-hydrogen) atoms. The van der Waals surface area contributed by atoms with Crippen LogP contribution in [0.1, 0.15) is 10.5 Å². The Bertz CT molecular complexity index is 761. The fourth-order valence-corrected chi connectivity index (χ4v) is 2.82. The first-order chi connectivity index (χ1) is 10.8. The predicted octanol–water partition coefficient (Wildman–Crippen LogP) is 3.81. The summed E-state index contributed by atoms with van der Waals surface area (Å²) >= 11 is 15.0. The number of likely N-dealkylation sites (N-methyl/N-ethyl adjacent to an activating group) is 1. The number of hydrogen-bond acceptors (Lipinski definition) is 2. The lowest BCUT2D eigenvalue weighted by molar-refractivity contribution is -0.116. The van der Waals surface area contributed by atoms with Crippen molar-refractivity contribution in [2.24, 2.45) is 7.05 Å². The maximum Gasteiger partial charge on any atom is 0.270 e. The quantitative estimate of drug-likeness (QED) is 0.820. The van der Waals surface area contributed by atoms with Gasteiger partial charge in [0, 0.05) is 30.5 Å². The predicted molar refractivity (Wildman–Crippen MR) is 95.2 cm³/mol. The van der Waals surface area contributed by atoms with Crippen molar-refractivity contribution in [3.63, 3.8) is 0 Å². The maximum absolute atomic E-state index is 12.3. The van der Waals surface area contributed by atoms with Gasteiger partial charge in [-0.05, 0) is 40.2 Å². The van der Waals surface area contributed by atoms with E-state index in [0.29, 0.717) is 21.4 Å². The van der Waals surface area contributed by atoms with Crippen molar-refractivity contribution in [2.45, 2.75) is 0 Å². The van der Waals surface area contributed by atoms with Crippen LogP contribution in [0.5, 0.6) is 0 Å². The highest BCUT2D eigenvalue weighted by Crippen LogP contribution is 2.25. The molecule has 0 fully saturated rings. The highest BCUT2D eigenvalue weighted by Gasteiger charge is 2.18. The lowest BCUT2D eigenvalue weighted by Gasteiger charge is -2.17. The molecule has 2 aromatic rings. The molecule has 0 aliphatic heterocycles. The van der Waals surface area contributed by atoms with Crippen LogP contribution in [0.3, 0.4) is 0 Å². The van der Waals surface area contributed by atoms with Crippen molar-refractivity contribution < 1.29 is 9.59 Å². The number of nitrogens with zero attached hydrogens (tertiary/aromatic N) is 2. The van der Waals surface area contributed by atoms with Crippen LogP contribution in [0, 0.1) is 0 Å². The lowest BCUT2D eigenvalue weighted by Crippen LogP contribution is -2.35. The van der Waals surface area contributed by atoms with E-state index < -0.39 is 0 Å². The van der Waals surface area contributed by atoms with Crippen molar-refractivity contribution in [1.29, 1.82) is 0 Å². The van der Waals surface area contributed by atoms with Gasteiger partial charge in [-0.15, -0.1) is 0 Å². The van der Waals surface area contributed by atoms with Crippen LogP contribution in [-0.2, 0) is 11.8 Å². The molecule has 0 aliphatic carbocycles. The SMILES string of the molecule is CN(CC(=O)Nc1ccc(Cl)c(Cl)c1)C(=O)c1cc(Br)cn1C. The average Bonchev–Trinajstić information content (AvgIpc) is 2.80. The van der Waals surface area contributed by atoms with Crippen molar-refractivity contribution >= 4 is 56.6 Å². The molecular formula is C15H14BrCl2N3O2. The van der Waals surface area contributed by atoms with E-state index >= 15 is 0 Å². The molecular weight excluding hydrogens is 405 g/mol. The lowest BCUT2D eigenvalue weighted by atomic mass is 10.3. The van der Waals surface area contributed by atoms with Gasteiger partial charge in [-0.25, -0.2) is 0 Å².